The molecule has 0 fully saturated rings. The fourth-order valence-corrected chi connectivity index (χ4v) is 1.14. The molecule has 6 nitrogen and oxygen atoms in total. The Bertz CT molecular complexity index is 474. The number of aryl methyl sites for hydroxylation is 1. The van der Waals surface area contributed by atoms with Crippen LogP contribution in [0.25, 0.3) is 11.5 Å². The van der Waals surface area contributed by atoms with Crippen molar-refractivity contribution in [1.82, 2.24) is 24.7 Å². The fourth-order valence-electron chi connectivity index (χ4n) is 1.14. The fraction of sp³-hybridized carbons (Fsp3) is 0.250. The van der Waals surface area contributed by atoms with Crippen molar-refractivity contribution in [3.63, 3.8) is 0 Å². The number of nitrogens with one attached hydrogen (secondary N) is 1. The van der Waals surface area contributed by atoms with Crippen molar-refractivity contribution in [2.24, 2.45) is 7.05 Å². The Balaban J connectivity index is 2.35. The molecule has 0 radical (unpaired) electrons. The molecular weight excluding hydrogens is 180 g/mol. The van der Waals surface area contributed by atoms with Gasteiger partial charge in [-0.15, -0.1) is 0 Å². The summed E-state index contributed by atoms with van der Waals surface area (Å²) in [6.45, 7) is 0. The highest BCUT2D eigenvalue weighted by molar-refractivity contribution is 5.47. The Kier molecular flexibility index (Phi) is 1.99. The highest BCUT2D eigenvalue weighted by Crippen LogP contribution is 2.11. The van der Waals surface area contributed by atoms with Crippen molar-refractivity contribution in [1.29, 1.82) is 5.26 Å². The molecule has 0 aromatic carbocycles. The van der Waals surface area contributed by atoms with Crippen LogP contribution in [0.3, 0.4) is 0 Å². The monoisotopic (exact) mass is 188 g/mol. The minimum atomic E-state index is 0.241. The third kappa shape index (κ3) is 1.35. The van der Waals surface area contributed by atoms with Crippen LogP contribution in [0.1, 0.15) is 5.82 Å². The highest BCUT2D eigenvalue weighted by Gasteiger charge is 2.08. The zero-order valence-electron chi connectivity index (χ0n) is 7.60. The molecule has 2 heterocycles. The molecule has 2 aromatic heterocycles. The molecule has 0 unspecified atom stereocenters. The van der Waals surface area contributed by atoms with Crippen molar-refractivity contribution in [2.45, 2.75) is 6.42 Å². The summed E-state index contributed by atoms with van der Waals surface area (Å²) in [6, 6.07) is 2.00. The van der Waals surface area contributed by atoms with Crippen LogP contribution >= 0.6 is 0 Å². The van der Waals surface area contributed by atoms with E-state index in [1.165, 1.54) is 0 Å². The van der Waals surface area contributed by atoms with Gasteiger partial charge in [-0.25, -0.2) is 9.97 Å². The lowest BCUT2D eigenvalue weighted by Crippen LogP contribution is -1.91. The van der Waals surface area contributed by atoms with Crippen molar-refractivity contribution < 1.29 is 0 Å². The van der Waals surface area contributed by atoms with Crippen LogP contribution in [0, 0.1) is 11.3 Å². The quantitative estimate of drug-likeness (QED) is 0.733. The molecule has 0 atom stereocenters. The minimum Gasteiger partial charge on any atom is -0.331 e. The maximum atomic E-state index is 8.46. The van der Waals surface area contributed by atoms with Crippen LogP contribution in [0.15, 0.2) is 12.5 Å². The summed E-state index contributed by atoms with van der Waals surface area (Å²) in [6.07, 6.45) is 3.60. The van der Waals surface area contributed by atoms with Gasteiger partial charge < -0.3 is 4.57 Å². The lowest BCUT2D eigenvalue weighted by molar-refractivity contribution is 0.909. The summed E-state index contributed by atoms with van der Waals surface area (Å²) in [4.78, 5) is 8.11. The van der Waals surface area contributed by atoms with Gasteiger partial charge in [0.15, 0.2) is 5.82 Å². The molecule has 0 saturated heterocycles. The first kappa shape index (κ1) is 8.44. The van der Waals surface area contributed by atoms with Crippen LogP contribution in [0.5, 0.6) is 0 Å². The number of aromatic nitrogens is 5. The zero-order chi connectivity index (χ0) is 9.97. The predicted octanol–water partition coefficient (Wildman–Crippen LogP) is 0.271. The van der Waals surface area contributed by atoms with Gasteiger partial charge in [-0.3, -0.25) is 5.10 Å². The van der Waals surface area contributed by atoms with Crippen LogP contribution in [-0.2, 0) is 13.5 Å². The molecule has 2 aromatic rings. The first-order chi connectivity index (χ1) is 6.81. The lowest BCUT2D eigenvalue weighted by atomic mass is 10.4. The Morgan fingerprint density at radius 3 is 3.14 bits per heavy atom. The summed E-state index contributed by atoms with van der Waals surface area (Å²) in [7, 11) is 1.86. The van der Waals surface area contributed by atoms with Gasteiger partial charge in [-0.1, -0.05) is 0 Å². The standard InChI is InChI=1S/C8H8N6/c1-14-5-10-4-6(14)8-11-7(2-3-9)12-13-8/h4-5H,2H2,1H3,(H,11,12,13). The number of nitriles is 1. The molecule has 0 bridgehead atoms. The van der Waals surface area contributed by atoms with Gasteiger partial charge in [-0.2, -0.15) is 10.4 Å². The van der Waals surface area contributed by atoms with E-state index in [4.69, 9.17) is 5.26 Å². The van der Waals surface area contributed by atoms with E-state index in [9.17, 15) is 0 Å². The summed E-state index contributed by atoms with van der Waals surface area (Å²) in [5.41, 5.74) is 0.824. The van der Waals surface area contributed by atoms with Crippen LogP contribution < -0.4 is 0 Å². The van der Waals surface area contributed by atoms with E-state index in [1.54, 1.807) is 12.5 Å². The number of imidazole rings is 1. The van der Waals surface area contributed by atoms with Gasteiger partial charge >= 0.3 is 0 Å². The molecule has 0 amide bonds. The summed E-state index contributed by atoms with van der Waals surface area (Å²) in [5.74, 6) is 1.14. The molecule has 2 rings (SSSR count). The van der Waals surface area contributed by atoms with Crippen LogP contribution in [0.4, 0.5) is 0 Å². The molecule has 0 aliphatic carbocycles. The van der Waals surface area contributed by atoms with Gasteiger partial charge in [0.1, 0.15) is 11.5 Å². The van der Waals surface area contributed by atoms with E-state index in [1.807, 2.05) is 17.7 Å². The maximum Gasteiger partial charge on any atom is 0.199 e. The molecule has 0 spiro atoms. The maximum absolute atomic E-state index is 8.46. The van der Waals surface area contributed by atoms with Gasteiger partial charge in [0, 0.05) is 7.05 Å². The minimum absolute atomic E-state index is 0.241. The van der Waals surface area contributed by atoms with Gasteiger partial charge in [0.25, 0.3) is 0 Å². The second kappa shape index (κ2) is 3.30. The number of H-pyrrole nitrogens is 1. The number of hydrogen-bond acceptors (Lipinski definition) is 4. The van der Waals surface area contributed by atoms with Crippen LogP contribution in [-0.4, -0.2) is 24.7 Å². The molecule has 1 N–H and O–H groups in total. The van der Waals surface area contributed by atoms with E-state index in [0.717, 1.165) is 5.69 Å². The Hall–Kier alpha value is -2.16. The number of nitrogens with zero attached hydrogens (tertiary/aromatic N) is 5. The number of rotatable bonds is 2. The van der Waals surface area contributed by atoms with Gasteiger partial charge in [0.05, 0.1) is 25.0 Å². The molecule has 14 heavy (non-hydrogen) atoms. The van der Waals surface area contributed by atoms with Gasteiger partial charge in [-0.05, 0) is 0 Å². The molecule has 0 aliphatic heterocycles. The normalized spacial score (nSPS) is 10.0. The van der Waals surface area contributed by atoms with Crippen molar-refractivity contribution >= 4 is 0 Å². The van der Waals surface area contributed by atoms with E-state index in [0.29, 0.717) is 11.6 Å². The first-order valence-electron chi connectivity index (χ1n) is 4.06. The van der Waals surface area contributed by atoms with E-state index >= 15 is 0 Å². The SMILES string of the molecule is Cn1cncc1-c1n[nH]c(CC#N)n1. The molecule has 0 saturated carbocycles. The van der Waals surface area contributed by atoms with E-state index < -0.39 is 0 Å². The zero-order valence-corrected chi connectivity index (χ0v) is 7.60. The molecule has 6 heteroatoms. The Labute approximate surface area is 80.2 Å². The van der Waals surface area contributed by atoms with Crippen molar-refractivity contribution in [2.75, 3.05) is 0 Å². The number of hydrogen-bond donors (Lipinski definition) is 1. The van der Waals surface area contributed by atoms with E-state index in [-0.39, 0.29) is 6.42 Å². The Morgan fingerprint density at radius 1 is 1.64 bits per heavy atom. The van der Waals surface area contributed by atoms with E-state index in [2.05, 4.69) is 20.2 Å². The third-order valence-electron chi connectivity index (χ3n) is 1.82. The number of aromatic amines is 1. The second-order valence-corrected chi connectivity index (χ2v) is 2.83. The summed E-state index contributed by atoms with van der Waals surface area (Å²) in [5, 5.41) is 15.1. The smallest absolute Gasteiger partial charge is 0.199 e. The highest BCUT2D eigenvalue weighted by atomic mass is 15.2. The predicted molar refractivity (Wildman–Crippen MR) is 47.9 cm³/mol. The lowest BCUT2D eigenvalue weighted by Gasteiger charge is -1.93. The average molecular weight is 188 g/mol. The van der Waals surface area contributed by atoms with Crippen LogP contribution in [0.2, 0.25) is 0 Å². The average Bonchev–Trinajstić information content (AvgIpc) is 2.74. The third-order valence-corrected chi connectivity index (χ3v) is 1.82. The Morgan fingerprint density at radius 2 is 2.50 bits per heavy atom. The molecular formula is C8H8N6. The second-order valence-electron chi connectivity index (χ2n) is 2.83. The van der Waals surface area contributed by atoms with Crippen molar-refractivity contribution in [3.8, 4) is 17.6 Å². The van der Waals surface area contributed by atoms with Gasteiger partial charge in [0.2, 0.25) is 0 Å². The topological polar surface area (TPSA) is 83.2 Å². The largest absolute Gasteiger partial charge is 0.331 e. The first-order valence-corrected chi connectivity index (χ1v) is 4.06. The van der Waals surface area contributed by atoms with Crippen molar-refractivity contribution in [3.05, 3.63) is 18.3 Å². The molecule has 70 valence electrons. The summed E-state index contributed by atoms with van der Waals surface area (Å²) >= 11 is 0. The summed E-state index contributed by atoms with van der Waals surface area (Å²) < 4.78 is 1.82. The molecule has 0 aliphatic rings.